The Morgan fingerprint density at radius 3 is 2.57 bits per heavy atom. The molecule has 5 aromatic rings. The third-order valence-corrected chi connectivity index (χ3v) is 7.16. The molecule has 4 heterocycles. The van der Waals surface area contributed by atoms with Crippen molar-refractivity contribution in [3.8, 4) is 17.0 Å². The van der Waals surface area contributed by atoms with Crippen LogP contribution in [0.4, 0.5) is 17.2 Å². The Morgan fingerprint density at radius 2 is 1.76 bits per heavy atom. The maximum absolute atomic E-state index is 10.3. The van der Waals surface area contributed by atoms with Crippen molar-refractivity contribution in [2.75, 3.05) is 4.90 Å². The summed E-state index contributed by atoms with van der Waals surface area (Å²) in [5.74, 6) is 1.33. The fourth-order valence-electron chi connectivity index (χ4n) is 5.11. The zero-order valence-electron chi connectivity index (χ0n) is 21.1. The molecular weight excluding hydrogens is 639 g/mol. The van der Waals surface area contributed by atoms with Gasteiger partial charge in [0.05, 0.1) is 6.20 Å². The normalized spacial score (nSPS) is 13.7. The van der Waals surface area contributed by atoms with Crippen LogP contribution < -0.4 is 4.90 Å². The molecule has 1 aliphatic heterocycles. The van der Waals surface area contributed by atoms with Crippen LogP contribution >= 0.6 is 0 Å². The van der Waals surface area contributed by atoms with E-state index in [0.29, 0.717) is 11.4 Å². The molecule has 1 aliphatic rings. The molecule has 0 radical (unpaired) electrons. The van der Waals surface area contributed by atoms with Crippen molar-refractivity contribution >= 4 is 28.1 Å². The number of nitrogens with zero attached hydrogens (tertiary/aromatic N) is 4. The Balaban J connectivity index is 0.00000280. The maximum Gasteiger partial charge on any atom is 0.159 e. The topological polar surface area (TPSA) is 62.1 Å². The summed E-state index contributed by atoms with van der Waals surface area (Å²) in [6.07, 6.45) is 5.01. The number of fused-ring (bicyclic) bond motifs is 3. The number of hydrogen-bond donors (Lipinski definition) is 1. The SMILES string of the molecule is CC(C)c1ccnc(N2c3[c-]c(-c4ccc5cncc(O)c5n4)ccc3C(C)(C)c3ccccc32)c1.[Pt]. The third kappa shape index (κ3) is 4.12. The van der Waals surface area contributed by atoms with Crippen molar-refractivity contribution in [3.05, 3.63) is 102 Å². The van der Waals surface area contributed by atoms with Crippen molar-refractivity contribution in [3.63, 3.8) is 0 Å². The van der Waals surface area contributed by atoms with Crippen molar-refractivity contribution in [2.45, 2.75) is 39.0 Å². The molecule has 0 saturated heterocycles. The largest absolute Gasteiger partial charge is 0.504 e. The third-order valence-electron chi connectivity index (χ3n) is 7.16. The molecule has 0 spiro atoms. The van der Waals surface area contributed by atoms with Gasteiger partial charge in [-0.1, -0.05) is 63.6 Å². The monoisotopic (exact) mass is 666 g/mol. The molecule has 0 fully saturated rings. The van der Waals surface area contributed by atoms with Gasteiger partial charge in [0, 0.05) is 44.5 Å². The molecule has 0 amide bonds. The molecule has 188 valence electrons. The first-order valence-electron chi connectivity index (χ1n) is 12.2. The second-order valence-corrected chi connectivity index (χ2v) is 10.1. The predicted molar refractivity (Wildman–Crippen MR) is 144 cm³/mol. The van der Waals surface area contributed by atoms with Crippen LogP contribution in [0.3, 0.4) is 0 Å². The predicted octanol–water partition coefficient (Wildman–Crippen LogP) is 7.43. The van der Waals surface area contributed by atoms with Crippen LogP contribution in [-0.4, -0.2) is 20.1 Å². The van der Waals surface area contributed by atoms with E-state index in [2.05, 4.69) is 92.2 Å². The summed E-state index contributed by atoms with van der Waals surface area (Å²) in [5.41, 5.74) is 7.64. The van der Waals surface area contributed by atoms with Gasteiger partial charge in [0.25, 0.3) is 0 Å². The van der Waals surface area contributed by atoms with Crippen LogP contribution in [-0.2, 0) is 26.5 Å². The molecule has 1 N–H and O–H groups in total. The summed E-state index contributed by atoms with van der Waals surface area (Å²) in [4.78, 5) is 15.8. The molecule has 0 atom stereocenters. The number of aromatic hydroxyl groups is 1. The van der Waals surface area contributed by atoms with E-state index in [1.54, 1.807) is 6.20 Å². The van der Waals surface area contributed by atoms with Crippen LogP contribution in [0.2, 0.25) is 0 Å². The molecule has 6 rings (SSSR count). The van der Waals surface area contributed by atoms with Crippen molar-refractivity contribution in [1.82, 2.24) is 15.0 Å². The van der Waals surface area contributed by atoms with Crippen LogP contribution in [0, 0.1) is 6.07 Å². The summed E-state index contributed by atoms with van der Waals surface area (Å²) in [5, 5.41) is 11.1. The molecule has 0 unspecified atom stereocenters. The molecule has 3 aromatic heterocycles. The fourth-order valence-corrected chi connectivity index (χ4v) is 5.11. The van der Waals surface area contributed by atoms with Gasteiger partial charge in [0.15, 0.2) is 5.75 Å². The second kappa shape index (κ2) is 9.39. The minimum atomic E-state index is -0.214. The summed E-state index contributed by atoms with van der Waals surface area (Å²) in [6, 6.07) is 24.6. The summed E-state index contributed by atoms with van der Waals surface area (Å²) in [6.45, 7) is 8.90. The zero-order valence-corrected chi connectivity index (χ0v) is 23.4. The van der Waals surface area contributed by atoms with E-state index in [9.17, 15) is 5.11 Å². The maximum atomic E-state index is 10.3. The molecule has 37 heavy (non-hydrogen) atoms. The number of hydrogen-bond acceptors (Lipinski definition) is 5. The molecule has 6 heteroatoms. The number of benzene rings is 2. The van der Waals surface area contributed by atoms with E-state index in [1.165, 1.54) is 22.9 Å². The van der Waals surface area contributed by atoms with E-state index in [1.807, 2.05) is 18.3 Å². The van der Waals surface area contributed by atoms with E-state index < -0.39 is 0 Å². The number of aromatic nitrogens is 3. The molecule has 2 aromatic carbocycles. The minimum Gasteiger partial charge on any atom is -0.504 e. The molecule has 5 nitrogen and oxygen atoms in total. The van der Waals surface area contributed by atoms with Gasteiger partial charge < -0.3 is 10.0 Å². The first-order valence-corrected chi connectivity index (χ1v) is 12.2. The number of anilines is 3. The minimum absolute atomic E-state index is 0. The summed E-state index contributed by atoms with van der Waals surface area (Å²) in [7, 11) is 0. The summed E-state index contributed by atoms with van der Waals surface area (Å²) >= 11 is 0. The Hall–Kier alpha value is -3.56. The smallest absolute Gasteiger partial charge is 0.159 e. The first-order chi connectivity index (χ1) is 17.3. The van der Waals surface area contributed by atoms with Gasteiger partial charge in [0.1, 0.15) is 11.3 Å². The van der Waals surface area contributed by atoms with Gasteiger partial charge in [-0.3, -0.25) is 9.97 Å². The van der Waals surface area contributed by atoms with Gasteiger partial charge in [-0.2, -0.15) is 0 Å². The van der Waals surface area contributed by atoms with E-state index >= 15 is 0 Å². The van der Waals surface area contributed by atoms with E-state index in [0.717, 1.165) is 33.8 Å². The second-order valence-electron chi connectivity index (χ2n) is 10.1. The molecular formula is C31H27N4OPt-. The zero-order chi connectivity index (χ0) is 25.0. The van der Waals surface area contributed by atoms with Crippen LogP contribution in [0.1, 0.15) is 50.3 Å². The van der Waals surface area contributed by atoms with Gasteiger partial charge >= 0.3 is 0 Å². The van der Waals surface area contributed by atoms with E-state index in [-0.39, 0.29) is 32.2 Å². The first kappa shape index (κ1) is 25.1. The van der Waals surface area contributed by atoms with Crippen molar-refractivity contribution in [1.29, 1.82) is 0 Å². The Morgan fingerprint density at radius 1 is 0.946 bits per heavy atom. The average molecular weight is 667 g/mol. The van der Waals surface area contributed by atoms with Gasteiger partial charge in [-0.25, -0.2) is 4.98 Å². The van der Waals surface area contributed by atoms with Crippen molar-refractivity contribution in [2.24, 2.45) is 0 Å². The summed E-state index contributed by atoms with van der Waals surface area (Å²) < 4.78 is 0. The van der Waals surface area contributed by atoms with Crippen LogP contribution in [0.15, 0.2) is 79.3 Å². The van der Waals surface area contributed by atoms with Crippen LogP contribution in [0.25, 0.3) is 22.2 Å². The number of rotatable bonds is 3. The van der Waals surface area contributed by atoms with Gasteiger partial charge in [-0.15, -0.1) is 23.8 Å². The Labute approximate surface area is 231 Å². The number of para-hydroxylation sites is 1. The van der Waals surface area contributed by atoms with Gasteiger partial charge in [0.2, 0.25) is 0 Å². The van der Waals surface area contributed by atoms with Crippen molar-refractivity contribution < 1.29 is 26.2 Å². The molecule has 0 bridgehead atoms. The fraction of sp³-hybridized carbons (Fsp3) is 0.194. The quantitative estimate of drug-likeness (QED) is 0.203. The standard InChI is InChI=1S/C31H27N4O.Pt/c1-19(2)20-13-14-33-29(16-20)35-26-8-6-5-7-23(26)31(3,4)24-11-9-21(15-27(24)35)25-12-10-22-17-32-18-28(36)30(22)34-25;/h5-14,16-19,36H,1-4H3;/q-1;. The number of pyridine rings is 3. The Bertz CT molecular complexity index is 1630. The van der Waals surface area contributed by atoms with Crippen LogP contribution in [0.5, 0.6) is 5.75 Å². The molecule has 0 aliphatic carbocycles. The van der Waals surface area contributed by atoms with Gasteiger partial charge in [-0.05, 0) is 52.0 Å². The average Bonchev–Trinajstić information content (AvgIpc) is 2.89. The Kier molecular flexibility index (Phi) is 6.37. The van der Waals surface area contributed by atoms with E-state index in [4.69, 9.17) is 9.97 Å². The molecule has 0 saturated carbocycles.